The number of carboxylic acids is 1. The summed E-state index contributed by atoms with van der Waals surface area (Å²) in [6.07, 6.45) is 0. The molecule has 0 radical (unpaired) electrons. The number of ether oxygens (including phenoxy) is 1. The molecule has 0 spiro atoms. The van der Waals surface area contributed by atoms with E-state index in [1.807, 2.05) is 36.8 Å². The van der Waals surface area contributed by atoms with E-state index in [-0.39, 0.29) is 11.3 Å². The molecule has 2 rings (SSSR count). The summed E-state index contributed by atoms with van der Waals surface area (Å²) in [5.41, 5.74) is -0.253. The highest BCUT2D eigenvalue weighted by Gasteiger charge is 2.25. The van der Waals surface area contributed by atoms with Crippen LogP contribution in [0.2, 0.25) is 0 Å². The minimum atomic E-state index is -0.872. The van der Waals surface area contributed by atoms with Crippen LogP contribution >= 0.6 is 23.1 Å². The average Bonchev–Trinajstić information content (AvgIpc) is 3.01. The summed E-state index contributed by atoms with van der Waals surface area (Å²) in [7, 11) is 1.62. The smallest absolute Gasteiger partial charge is 0.313 e. The molecule has 0 fully saturated rings. The number of aliphatic carboxylic acids is 1. The van der Waals surface area contributed by atoms with Crippen molar-refractivity contribution in [1.29, 1.82) is 0 Å². The van der Waals surface area contributed by atoms with Crippen molar-refractivity contribution in [2.75, 3.05) is 12.9 Å². The number of thiophene rings is 1. The van der Waals surface area contributed by atoms with E-state index in [1.165, 1.54) is 23.1 Å². The lowest BCUT2D eigenvalue weighted by Crippen LogP contribution is -2.23. The molecule has 0 saturated heterocycles. The lowest BCUT2D eigenvalue weighted by atomic mass is 10.1. The average molecular weight is 327 g/mol. The Morgan fingerprint density at radius 2 is 2.19 bits per heavy atom. The molecule has 21 heavy (non-hydrogen) atoms. The molecule has 0 aromatic carbocycles. The fraction of sp³-hybridized carbons (Fsp3) is 0.462. The van der Waals surface area contributed by atoms with Crippen LogP contribution in [-0.2, 0) is 10.3 Å². The van der Waals surface area contributed by atoms with Crippen molar-refractivity contribution >= 4 is 29.1 Å². The Bertz CT molecular complexity index is 643. The summed E-state index contributed by atoms with van der Waals surface area (Å²) < 4.78 is 7.16. The molecule has 0 atom stereocenters. The van der Waals surface area contributed by atoms with Gasteiger partial charge in [-0.05, 0) is 20.8 Å². The highest BCUT2D eigenvalue weighted by Crippen LogP contribution is 2.35. The fourth-order valence-corrected chi connectivity index (χ4v) is 3.47. The van der Waals surface area contributed by atoms with Crippen LogP contribution in [0.1, 0.15) is 20.8 Å². The molecule has 0 bridgehead atoms. The van der Waals surface area contributed by atoms with Gasteiger partial charge in [-0.3, -0.25) is 9.36 Å². The number of rotatable bonds is 5. The maximum atomic E-state index is 10.8. The standard InChI is InChI=1S/C13H17N3O3S2/c1-13(2,3)16-11(9-5-8(19-4)6-20-9)14-15-12(16)21-7-10(17)18/h5-6H,7H2,1-4H3,(H,17,18). The van der Waals surface area contributed by atoms with Gasteiger partial charge in [-0.15, -0.1) is 21.5 Å². The predicted molar refractivity (Wildman–Crippen MR) is 83.2 cm³/mol. The van der Waals surface area contributed by atoms with Crippen molar-refractivity contribution in [1.82, 2.24) is 14.8 Å². The highest BCUT2D eigenvalue weighted by atomic mass is 32.2. The van der Waals surface area contributed by atoms with Gasteiger partial charge in [0.05, 0.1) is 17.7 Å². The van der Waals surface area contributed by atoms with Crippen molar-refractivity contribution in [3.63, 3.8) is 0 Å². The first-order valence-corrected chi connectivity index (χ1v) is 8.13. The van der Waals surface area contributed by atoms with Crippen LogP contribution in [0.4, 0.5) is 0 Å². The first-order valence-electron chi connectivity index (χ1n) is 6.26. The first-order chi connectivity index (χ1) is 9.82. The molecule has 6 nitrogen and oxygen atoms in total. The van der Waals surface area contributed by atoms with Crippen LogP contribution in [0.25, 0.3) is 10.7 Å². The summed E-state index contributed by atoms with van der Waals surface area (Å²) >= 11 is 2.69. The van der Waals surface area contributed by atoms with Gasteiger partial charge in [-0.25, -0.2) is 0 Å². The number of aromatic nitrogens is 3. The van der Waals surface area contributed by atoms with Crippen molar-refractivity contribution in [3.8, 4) is 16.5 Å². The Balaban J connectivity index is 2.44. The summed E-state index contributed by atoms with van der Waals surface area (Å²) in [5, 5.41) is 19.7. The molecule has 8 heteroatoms. The van der Waals surface area contributed by atoms with E-state index < -0.39 is 5.97 Å². The molecule has 2 aromatic rings. The molecule has 1 N–H and O–H groups in total. The van der Waals surface area contributed by atoms with Gasteiger partial charge < -0.3 is 9.84 Å². The highest BCUT2D eigenvalue weighted by molar-refractivity contribution is 7.99. The van der Waals surface area contributed by atoms with E-state index in [0.717, 1.165) is 16.5 Å². The van der Waals surface area contributed by atoms with Crippen LogP contribution in [0.5, 0.6) is 5.75 Å². The minimum absolute atomic E-state index is 0.0397. The van der Waals surface area contributed by atoms with Gasteiger partial charge in [0, 0.05) is 17.0 Å². The molecule has 2 aromatic heterocycles. The number of hydrogen-bond donors (Lipinski definition) is 1. The third kappa shape index (κ3) is 3.56. The maximum absolute atomic E-state index is 10.8. The van der Waals surface area contributed by atoms with Crippen molar-refractivity contribution in [2.45, 2.75) is 31.5 Å². The Kier molecular flexibility index (Phi) is 4.58. The Labute approximate surface area is 131 Å². The fourth-order valence-electron chi connectivity index (χ4n) is 1.80. The third-order valence-corrected chi connectivity index (χ3v) is 4.48. The van der Waals surface area contributed by atoms with Crippen molar-refractivity contribution < 1.29 is 14.6 Å². The van der Waals surface area contributed by atoms with E-state index in [9.17, 15) is 4.79 Å². The van der Waals surface area contributed by atoms with Gasteiger partial charge in [-0.2, -0.15) is 0 Å². The zero-order valence-electron chi connectivity index (χ0n) is 12.3. The second-order valence-corrected chi connectivity index (χ2v) is 7.20. The number of methoxy groups -OCH3 is 1. The quantitative estimate of drug-likeness (QED) is 0.851. The van der Waals surface area contributed by atoms with Gasteiger partial charge in [0.25, 0.3) is 0 Å². The predicted octanol–water partition coefficient (Wildman–Crippen LogP) is 2.95. The van der Waals surface area contributed by atoms with Gasteiger partial charge in [0.1, 0.15) is 5.75 Å². The van der Waals surface area contributed by atoms with Gasteiger partial charge in [-0.1, -0.05) is 11.8 Å². The van der Waals surface area contributed by atoms with Crippen molar-refractivity contribution in [2.24, 2.45) is 0 Å². The number of nitrogens with zero attached hydrogens (tertiary/aromatic N) is 3. The number of hydrogen-bond acceptors (Lipinski definition) is 6. The molecule has 2 heterocycles. The monoisotopic (exact) mass is 327 g/mol. The SMILES string of the molecule is COc1csc(-c2nnc(SCC(=O)O)n2C(C)(C)C)c1. The van der Waals surface area contributed by atoms with Crippen molar-refractivity contribution in [3.05, 3.63) is 11.4 Å². The van der Waals surface area contributed by atoms with Crippen LogP contribution in [0.3, 0.4) is 0 Å². The van der Waals surface area contributed by atoms with Crippen LogP contribution in [0, 0.1) is 0 Å². The Morgan fingerprint density at radius 1 is 1.48 bits per heavy atom. The number of carboxylic acid groups (broad SMARTS) is 1. The zero-order valence-corrected chi connectivity index (χ0v) is 13.9. The Hall–Kier alpha value is -1.54. The molecule has 0 aliphatic heterocycles. The number of thioether (sulfide) groups is 1. The van der Waals surface area contributed by atoms with E-state index in [1.54, 1.807) is 7.11 Å². The molecular weight excluding hydrogens is 310 g/mol. The van der Waals surface area contributed by atoms with Gasteiger partial charge in [0.15, 0.2) is 11.0 Å². The minimum Gasteiger partial charge on any atom is -0.496 e. The van der Waals surface area contributed by atoms with E-state index in [4.69, 9.17) is 9.84 Å². The molecule has 0 aliphatic carbocycles. The maximum Gasteiger partial charge on any atom is 0.313 e. The third-order valence-electron chi connectivity index (χ3n) is 2.66. The van der Waals surface area contributed by atoms with Crippen LogP contribution in [-0.4, -0.2) is 38.7 Å². The summed E-state index contributed by atoms with van der Waals surface area (Å²) in [6, 6.07) is 1.91. The van der Waals surface area contributed by atoms with Gasteiger partial charge >= 0.3 is 5.97 Å². The summed E-state index contributed by atoms with van der Waals surface area (Å²) in [4.78, 5) is 11.7. The molecule has 0 amide bonds. The van der Waals surface area contributed by atoms with Crippen LogP contribution < -0.4 is 4.74 Å². The largest absolute Gasteiger partial charge is 0.496 e. The molecule has 0 unspecified atom stereocenters. The zero-order chi connectivity index (χ0) is 15.6. The number of carbonyl (C=O) groups is 1. The molecule has 114 valence electrons. The van der Waals surface area contributed by atoms with Crippen LogP contribution in [0.15, 0.2) is 16.6 Å². The lowest BCUT2D eigenvalue weighted by Gasteiger charge is -2.24. The topological polar surface area (TPSA) is 77.2 Å². The normalized spacial score (nSPS) is 11.6. The second-order valence-electron chi connectivity index (χ2n) is 5.35. The first kappa shape index (κ1) is 15.8. The summed E-state index contributed by atoms with van der Waals surface area (Å²) in [6.45, 7) is 6.11. The van der Waals surface area contributed by atoms with E-state index in [0.29, 0.717) is 5.16 Å². The summed E-state index contributed by atoms with van der Waals surface area (Å²) in [5.74, 6) is 0.590. The molecule has 0 aliphatic rings. The lowest BCUT2D eigenvalue weighted by molar-refractivity contribution is -0.133. The molecule has 0 saturated carbocycles. The van der Waals surface area contributed by atoms with Gasteiger partial charge in [0.2, 0.25) is 0 Å². The second kappa shape index (κ2) is 6.07. The van der Waals surface area contributed by atoms with E-state index in [2.05, 4.69) is 10.2 Å². The Morgan fingerprint density at radius 3 is 2.71 bits per heavy atom. The van der Waals surface area contributed by atoms with E-state index >= 15 is 0 Å². The molecular formula is C13H17N3O3S2.